The van der Waals surface area contributed by atoms with Gasteiger partial charge < -0.3 is 24.8 Å². The predicted molar refractivity (Wildman–Crippen MR) is 116 cm³/mol. The molecule has 3 N–H and O–H groups in total. The first-order valence-corrected chi connectivity index (χ1v) is 12.5. The molecule has 6 atom stereocenters. The van der Waals surface area contributed by atoms with Crippen molar-refractivity contribution < 1.29 is 37.9 Å². The molecule has 2 aliphatic rings. The zero-order valence-corrected chi connectivity index (χ0v) is 21.0. The minimum Gasteiger partial charge on any atom is -0.394 e. The maximum atomic E-state index is 12.1. The number of nitrogens with zero attached hydrogens (tertiary/aromatic N) is 3. The third-order valence-electron chi connectivity index (χ3n) is 5.74. The number of aliphatic hydroxyl groups excluding tert-OH is 1. The van der Waals surface area contributed by atoms with Crippen LogP contribution in [0, 0.1) is 0 Å². The average Bonchev–Trinajstić information content (AvgIpc) is 3.27. The molecule has 1 aromatic heterocycles. The van der Waals surface area contributed by atoms with Gasteiger partial charge in [-0.15, -0.1) is 5.10 Å². The lowest BCUT2D eigenvalue weighted by molar-refractivity contribution is -0.282. The highest BCUT2D eigenvalue weighted by atomic mass is 31.2. The molecule has 13 heteroatoms. The van der Waals surface area contributed by atoms with Crippen molar-refractivity contribution in [2.45, 2.75) is 103 Å². The van der Waals surface area contributed by atoms with Crippen LogP contribution >= 0.6 is 7.82 Å². The maximum Gasteiger partial charge on any atom is 0.473 e. The molecule has 2 aliphatic heterocycles. The van der Waals surface area contributed by atoms with E-state index in [0.717, 1.165) is 5.69 Å². The molecule has 12 nitrogen and oxygen atoms in total. The van der Waals surface area contributed by atoms with Gasteiger partial charge in [0.15, 0.2) is 6.29 Å². The highest BCUT2D eigenvalue weighted by molar-refractivity contribution is 7.47. The van der Waals surface area contributed by atoms with Crippen LogP contribution in [-0.4, -0.2) is 73.8 Å². The fraction of sp³-hybridized carbons (Fsp3) is 0.850. The summed E-state index contributed by atoms with van der Waals surface area (Å²) in [5, 5.41) is 21.0. The Labute approximate surface area is 193 Å². The van der Waals surface area contributed by atoms with Gasteiger partial charge in [0, 0.05) is 24.6 Å². The third-order valence-corrected chi connectivity index (χ3v) is 6.76. The molecular weight excluding hydrogens is 455 g/mol. The summed E-state index contributed by atoms with van der Waals surface area (Å²) in [6, 6.07) is -0.748. The summed E-state index contributed by atoms with van der Waals surface area (Å²) < 4.78 is 36.4. The van der Waals surface area contributed by atoms with Crippen LogP contribution in [0.1, 0.15) is 66.6 Å². The molecule has 0 saturated carbocycles. The number of hydrogen-bond donors (Lipinski definition) is 3. The molecule has 2 saturated heterocycles. The number of ether oxygens (including phenoxy) is 2. The second-order valence-electron chi connectivity index (χ2n) is 10.2. The molecular formula is C20H35N4O8P. The Morgan fingerprint density at radius 3 is 2.48 bits per heavy atom. The summed E-state index contributed by atoms with van der Waals surface area (Å²) in [7, 11) is -4.35. The van der Waals surface area contributed by atoms with E-state index in [-0.39, 0.29) is 6.04 Å². The minimum absolute atomic E-state index is 0.180. The zero-order valence-electron chi connectivity index (χ0n) is 20.1. The van der Waals surface area contributed by atoms with Crippen LogP contribution in [0.3, 0.4) is 0 Å². The quantitative estimate of drug-likeness (QED) is 0.456. The molecule has 1 aromatic rings. The molecule has 188 valence electrons. The van der Waals surface area contributed by atoms with Crippen molar-refractivity contribution >= 4 is 13.7 Å². The highest BCUT2D eigenvalue weighted by Crippen LogP contribution is 2.56. The molecule has 1 amide bonds. The Morgan fingerprint density at radius 1 is 1.30 bits per heavy atom. The van der Waals surface area contributed by atoms with Crippen LogP contribution in [0.2, 0.25) is 0 Å². The van der Waals surface area contributed by atoms with Gasteiger partial charge in [0.2, 0.25) is 5.91 Å². The Bertz CT molecular complexity index is 904. The Kier molecular flexibility index (Phi) is 7.41. The van der Waals surface area contributed by atoms with Crippen LogP contribution in [-0.2, 0) is 33.3 Å². The van der Waals surface area contributed by atoms with Crippen molar-refractivity contribution in [2.75, 3.05) is 6.61 Å². The highest BCUT2D eigenvalue weighted by Gasteiger charge is 2.58. The molecule has 0 radical (unpaired) electrons. The van der Waals surface area contributed by atoms with Gasteiger partial charge in [-0.1, -0.05) is 19.1 Å². The number of fused-ring (bicyclic) bond motifs is 1. The van der Waals surface area contributed by atoms with E-state index in [1.54, 1.807) is 4.68 Å². The summed E-state index contributed by atoms with van der Waals surface area (Å²) in [6.45, 7) is 12.7. The van der Waals surface area contributed by atoms with E-state index < -0.39 is 62.0 Å². The van der Waals surface area contributed by atoms with E-state index in [2.05, 4.69) is 15.6 Å². The number of carbonyl (C=O) groups is 1. The van der Waals surface area contributed by atoms with Crippen molar-refractivity contribution in [3.8, 4) is 0 Å². The van der Waals surface area contributed by atoms with E-state index >= 15 is 0 Å². The van der Waals surface area contributed by atoms with Gasteiger partial charge in [0.25, 0.3) is 0 Å². The van der Waals surface area contributed by atoms with Gasteiger partial charge in [-0.05, 0) is 34.1 Å². The summed E-state index contributed by atoms with van der Waals surface area (Å²) >= 11 is 0. The number of amides is 1. The van der Waals surface area contributed by atoms with Crippen LogP contribution < -0.4 is 5.32 Å². The van der Waals surface area contributed by atoms with E-state index in [1.165, 1.54) is 6.92 Å². The van der Waals surface area contributed by atoms with Crippen molar-refractivity contribution in [3.05, 3.63) is 11.9 Å². The SMILES string of the molecule is CC(=O)N[C@H]1[C@H](OC(C)(C)CC(C)(C)c2cn(C(C)C)nn2)O[C@H](CO)[C@@H]2OP(=O)(O)O[C@H]12. The van der Waals surface area contributed by atoms with E-state index in [0.29, 0.717) is 6.42 Å². The first-order valence-electron chi connectivity index (χ1n) is 11.0. The molecule has 3 rings (SSSR count). The maximum absolute atomic E-state index is 12.1. The number of nitrogens with one attached hydrogen (secondary N) is 1. The van der Waals surface area contributed by atoms with Gasteiger partial charge in [-0.25, -0.2) is 9.25 Å². The number of aliphatic hydroxyl groups is 1. The van der Waals surface area contributed by atoms with Crippen LogP contribution in [0.5, 0.6) is 0 Å². The summed E-state index contributed by atoms with van der Waals surface area (Å²) in [6.07, 6.45) is -1.68. The number of carbonyl (C=O) groups excluding carboxylic acids is 1. The monoisotopic (exact) mass is 490 g/mol. The number of phosphoric acid groups is 1. The number of rotatable bonds is 8. The first kappa shape index (κ1) is 26.2. The Morgan fingerprint density at radius 2 is 1.94 bits per heavy atom. The minimum atomic E-state index is -4.35. The zero-order chi connectivity index (χ0) is 24.8. The second kappa shape index (κ2) is 9.33. The van der Waals surface area contributed by atoms with Gasteiger partial charge in [-0.3, -0.25) is 13.8 Å². The van der Waals surface area contributed by atoms with E-state index in [1.807, 2.05) is 47.7 Å². The molecule has 33 heavy (non-hydrogen) atoms. The van der Waals surface area contributed by atoms with E-state index in [9.17, 15) is 19.4 Å². The lowest BCUT2D eigenvalue weighted by atomic mass is 9.79. The Balaban J connectivity index is 1.81. The molecule has 2 fully saturated rings. The van der Waals surface area contributed by atoms with Crippen molar-refractivity contribution in [2.24, 2.45) is 0 Å². The van der Waals surface area contributed by atoms with Crippen LogP contribution in [0.15, 0.2) is 6.20 Å². The van der Waals surface area contributed by atoms with Crippen LogP contribution in [0.25, 0.3) is 0 Å². The average molecular weight is 490 g/mol. The van der Waals surface area contributed by atoms with E-state index in [4.69, 9.17) is 18.5 Å². The smallest absolute Gasteiger partial charge is 0.394 e. The Hall–Kier alpha value is -1.40. The molecule has 1 unspecified atom stereocenters. The standard InChI is InChI=1S/C20H35N4O8P/c1-11(2)24-8-14(22-23-24)19(4,5)10-20(6,7)30-18-15(21-12(3)26)17-16(13(9-25)29-18)31-33(27,28)32-17/h8,11,13,15-18,25H,9-10H2,1-7H3,(H,21,26)(H,27,28)/t13-,15-,16+,17-,18+/m1/s1. The largest absolute Gasteiger partial charge is 0.473 e. The second-order valence-corrected chi connectivity index (χ2v) is 11.5. The molecule has 3 heterocycles. The van der Waals surface area contributed by atoms with Gasteiger partial charge >= 0.3 is 7.82 Å². The topological polar surface area (TPSA) is 154 Å². The third kappa shape index (κ3) is 6.00. The lowest BCUT2D eigenvalue weighted by Crippen LogP contribution is -2.64. The first-order chi connectivity index (χ1) is 15.1. The summed E-state index contributed by atoms with van der Waals surface area (Å²) in [4.78, 5) is 21.7. The summed E-state index contributed by atoms with van der Waals surface area (Å²) in [5.41, 5.74) is -0.402. The number of phosphoric ester groups is 1. The molecule has 0 spiro atoms. The van der Waals surface area contributed by atoms with Crippen molar-refractivity contribution in [1.29, 1.82) is 0 Å². The summed E-state index contributed by atoms with van der Waals surface area (Å²) in [5.74, 6) is -0.398. The fourth-order valence-electron chi connectivity index (χ4n) is 4.47. The van der Waals surface area contributed by atoms with Gasteiger partial charge in [0.1, 0.15) is 24.4 Å². The number of aromatic nitrogens is 3. The van der Waals surface area contributed by atoms with Crippen molar-refractivity contribution in [1.82, 2.24) is 20.3 Å². The molecule has 0 aliphatic carbocycles. The predicted octanol–water partition coefficient (Wildman–Crippen LogP) is 1.43. The van der Waals surface area contributed by atoms with Crippen LogP contribution in [0.4, 0.5) is 0 Å². The molecule has 0 bridgehead atoms. The molecule has 0 aromatic carbocycles. The lowest BCUT2D eigenvalue weighted by Gasteiger charge is -2.45. The van der Waals surface area contributed by atoms with Crippen molar-refractivity contribution in [3.63, 3.8) is 0 Å². The van der Waals surface area contributed by atoms with Gasteiger partial charge in [0.05, 0.1) is 17.9 Å². The van der Waals surface area contributed by atoms with Gasteiger partial charge in [-0.2, -0.15) is 0 Å². The number of hydrogen-bond acceptors (Lipinski definition) is 9. The normalized spacial score (nSPS) is 32.7. The fourth-order valence-corrected chi connectivity index (χ4v) is 5.65.